The van der Waals surface area contributed by atoms with E-state index in [0.717, 1.165) is 75.9 Å². The second-order valence-corrected chi connectivity index (χ2v) is 19.7. The van der Waals surface area contributed by atoms with Gasteiger partial charge < -0.3 is 14.4 Å². The SMILES string of the molecule is Bc1c(B)c(-c2ccc(C(F)(F)F)cc2)c(B)c(B)c1CN(C(=O)C(B)(B)n1c(SC(B)(B)c2ccc(F)cc2)nc(=O)c2c1CCC2)C(B)(B)C(B)(B)N(CC)CC. The molecule has 5 rings (SSSR count). The smallest absolute Gasteiger partial charge is 0.348 e. The lowest BCUT2D eigenvalue weighted by Crippen LogP contribution is -2.76. The van der Waals surface area contributed by atoms with Crippen LogP contribution in [0.3, 0.4) is 0 Å². The van der Waals surface area contributed by atoms with E-state index in [1.165, 1.54) is 36.0 Å². The zero-order valence-corrected chi connectivity index (χ0v) is 38.2. The first-order chi connectivity index (χ1) is 27.2. The van der Waals surface area contributed by atoms with Gasteiger partial charge in [0.1, 0.15) is 100.0 Å². The molecule has 0 aliphatic heterocycles. The fourth-order valence-electron chi connectivity index (χ4n) is 9.03. The summed E-state index contributed by atoms with van der Waals surface area (Å²) in [6.45, 7) is 6.06. The van der Waals surface area contributed by atoms with Crippen LogP contribution < -0.4 is 27.4 Å². The van der Waals surface area contributed by atoms with E-state index in [4.69, 9.17) is 4.98 Å². The molecule has 1 aliphatic rings. The predicted molar refractivity (Wildman–Crippen MR) is 269 cm³/mol. The lowest BCUT2D eigenvalue weighted by atomic mass is 9.36. The lowest BCUT2D eigenvalue weighted by molar-refractivity contribution is -0.138. The summed E-state index contributed by atoms with van der Waals surface area (Å²) in [5.41, 5.74) is 7.75. The van der Waals surface area contributed by atoms with Gasteiger partial charge in [-0.1, -0.05) is 71.7 Å². The summed E-state index contributed by atoms with van der Waals surface area (Å²) in [5.74, 6) is -0.473. The predicted octanol–water partition coefficient (Wildman–Crippen LogP) is -8.15. The van der Waals surface area contributed by atoms with Crippen LogP contribution in [0.25, 0.3) is 11.1 Å². The van der Waals surface area contributed by atoms with Gasteiger partial charge in [0.05, 0.1) is 10.9 Å². The zero-order chi connectivity index (χ0) is 44.2. The zero-order valence-electron chi connectivity index (χ0n) is 37.4. The number of rotatable bonds is 13. The van der Waals surface area contributed by atoms with Crippen LogP contribution in [0, 0.1) is 5.82 Å². The molecule has 0 saturated carbocycles. The highest BCUT2D eigenvalue weighted by Gasteiger charge is 2.50. The fourth-order valence-corrected chi connectivity index (χ4v) is 10.3. The van der Waals surface area contributed by atoms with Gasteiger partial charge in [0.25, 0.3) is 5.56 Å². The van der Waals surface area contributed by atoms with E-state index in [0.29, 0.717) is 29.1 Å². The third-order valence-corrected chi connectivity index (χ3v) is 14.8. The van der Waals surface area contributed by atoms with Crippen molar-refractivity contribution in [3.63, 3.8) is 0 Å². The number of alkyl halides is 3. The Morgan fingerprint density at radius 3 is 1.81 bits per heavy atom. The summed E-state index contributed by atoms with van der Waals surface area (Å²) in [5, 5.41) is -2.07. The van der Waals surface area contributed by atoms with Gasteiger partial charge in [0.2, 0.25) is 5.91 Å². The highest BCUT2D eigenvalue weighted by molar-refractivity contribution is 8.02. The molecule has 59 heavy (non-hydrogen) atoms. The first kappa shape index (κ1) is 46.9. The number of halogens is 4. The van der Waals surface area contributed by atoms with Crippen LogP contribution in [0.5, 0.6) is 0 Å². The molecule has 0 radical (unpaired) electrons. The van der Waals surface area contributed by atoms with Crippen LogP contribution in [0.4, 0.5) is 17.6 Å². The molecule has 1 aromatic heterocycles. The fraction of sp³-hybridized carbons (Fsp3) is 0.361. The molecule has 0 fully saturated rings. The Morgan fingerprint density at radius 1 is 0.780 bits per heavy atom. The molecule has 3 aromatic carbocycles. The number of carbonyl (C=O) groups excluding carboxylic acids is 1. The number of benzene rings is 3. The molecule has 0 saturated heterocycles. The van der Waals surface area contributed by atoms with Crippen LogP contribution in [-0.4, -0.2) is 143 Å². The van der Waals surface area contributed by atoms with E-state index in [1.807, 2.05) is 72.2 Å². The third kappa shape index (κ3) is 8.67. The average molecular weight is 809 g/mol. The van der Waals surface area contributed by atoms with Crippen LogP contribution in [0.1, 0.15) is 48.2 Å². The number of hydrogen-bond donors (Lipinski definition) is 0. The Labute approximate surface area is 362 Å². The van der Waals surface area contributed by atoms with E-state index in [9.17, 15) is 22.4 Å². The van der Waals surface area contributed by atoms with Gasteiger partial charge in [0, 0.05) is 17.8 Å². The molecule has 1 heterocycles. The molecule has 4 aromatic rings. The number of thioether (sulfide) groups is 1. The van der Waals surface area contributed by atoms with Crippen LogP contribution in [-0.2, 0) is 40.2 Å². The van der Waals surface area contributed by atoms with Crippen molar-refractivity contribution in [2.45, 2.75) is 71.5 Å². The summed E-state index contributed by atoms with van der Waals surface area (Å²) in [4.78, 5) is 38.7. The first-order valence-corrected chi connectivity index (χ1v) is 21.5. The normalized spacial score (nSPS) is 13.7. The number of likely N-dealkylation sites (N-methyl/N-ethyl adjacent to an activating group) is 1. The van der Waals surface area contributed by atoms with Gasteiger partial charge in [0.15, 0.2) is 5.16 Å². The number of carbonyl (C=O) groups is 1. The Kier molecular flexibility index (Phi) is 13.5. The summed E-state index contributed by atoms with van der Waals surface area (Å²) >= 11 is 1.40. The molecule has 6 nitrogen and oxygen atoms in total. The standard InChI is InChI=1S/C36H50B12F4N4O2S/c1-3-54(4-2)35(45,46)36(47,48)55(16-22-25(37)27(39)24(28(40)26(22)38)17-8-10-19(11-9-17)34(50,51)52)30(58)32(41,42)56-23-7-5-6-21(23)29(57)53-31(56)59-33(43,44)18-12-14-20(49)15-13-18/h8-15H,3-7,16,37-48H2,1-2H3. The summed E-state index contributed by atoms with van der Waals surface area (Å²) < 4.78 is 55.9. The minimum Gasteiger partial charge on any atom is -0.348 e. The van der Waals surface area contributed by atoms with E-state index in [2.05, 4.69) is 50.1 Å². The van der Waals surface area contributed by atoms with Crippen molar-refractivity contribution in [2.24, 2.45) is 0 Å². The van der Waals surface area contributed by atoms with Crippen LogP contribution in [0.2, 0.25) is 0 Å². The van der Waals surface area contributed by atoms with Gasteiger partial charge in [-0.15, -0.1) is 0 Å². The Bertz CT molecular complexity index is 2280. The minimum absolute atomic E-state index is 0.135. The number of aromatic nitrogens is 2. The third-order valence-electron chi connectivity index (χ3n) is 13.6. The highest BCUT2D eigenvalue weighted by Crippen LogP contribution is 2.39. The molecule has 296 valence electrons. The number of fused-ring (bicyclic) bond motifs is 1. The maximum atomic E-state index is 16.0. The van der Waals surface area contributed by atoms with Gasteiger partial charge in [-0.25, -0.2) is 4.39 Å². The number of amides is 1. The largest absolute Gasteiger partial charge is 0.416 e. The van der Waals surface area contributed by atoms with Gasteiger partial charge >= 0.3 is 6.18 Å². The lowest BCUT2D eigenvalue weighted by Gasteiger charge is -2.57. The number of nitrogens with zero attached hydrogens (tertiary/aromatic N) is 4. The molecular formula is C36H50B12F4N4O2S. The monoisotopic (exact) mass is 810 g/mol. The van der Waals surface area contributed by atoms with Crippen molar-refractivity contribution in [1.82, 2.24) is 19.4 Å². The molecule has 0 atom stereocenters. The molecule has 0 spiro atoms. The Morgan fingerprint density at radius 2 is 1.31 bits per heavy atom. The second-order valence-electron chi connectivity index (χ2n) is 18.1. The second kappa shape index (κ2) is 16.9. The molecule has 1 amide bonds. The minimum atomic E-state index is -4.43. The Balaban J connectivity index is 1.71. The number of hydrogen-bond acceptors (Lipinski definition) is 5. The molecular weight excluding hydrogens is 758 g/mol. The molecule has 0 unspecified atom stereocenters. The van der Waals surface area contributed by atoms with Crippen molar-refractivity contribution >= 4 is 134 Å². The maximum absolute atomic E-state index is 16.0. The Hall–Kier alpha value is -3.18. The molecule has 0 N–H and O–H groups in total. The average Bonchev–Trinajstić information content (AvgIpc) is 3.64. The van der Waals surface area contributed by atoms with E-state index < -0.39 is 32.3 Å². The van der Waals surface area contributed by atoms with Crippen LogP contribution >= 0.6 is 11.8 Å². The van der Waals surface area contributed by atoms with Gasteiger partial charge in [-0.05, 0) is 94.1 Å². The van der Waals surface area contributed by atoms with Crippen molar-refractivity contribution in [2.75, 3.05) is 13.1 Å². The first-order valence-electron chi connectivity index (χ1n) is 20.7. The van der Waals surface area contributed by atoms with Crippen molar-refractivity contribution < 1.29 is 22.4 Å². The van der Waals surface area contributed by atoms with Crippen LogP contribution in [0.15, 0.2) is 58.5 Å². The van der Waals surface area contributed by atoms with E-state index in [1.54, 1.807) is 12.1 Å². The molecule has 0 bridgehead atoms. The molecule has 1 aliphatic carbocycles. The molecule has 23 heteroatoms. The van der Waals surface area contributed by atoms with E-state index >= 15 is 4.79 Å². The van der Waals surface area contributed by atoms with Crippen molar-refractivity contribution in [3.05, 3.63) is 92.6 Å². The van der Waals surface area contributed by atoms with Gasteiger partial charge in [-0.3, -0.25) is 9.59 Å². The summed E-state index contributed by atoms with van der Waals surface area (Å²) in [7, 11) is 24.6. The van der Waals surface area contributed by atoms with Crippen molar-refractivity contribution in [3.8, 4) is 11.1 Å². The van der Waals surface area contributed by atoms with Gasteiger partial charge in [-0.2, -0.15) is 18.2 Å². The van der Waals surface area contributed by atoms with E-state index in [-0.39, 0.29) is 23.8 Å². The quantitative estimate of drug-likeness (QED) is 0.0583. The highest BCUT2D eigenvalue weighted by atomic mass is 32.2. The van der Waals surface area contributed by atoms with Crippen molar-refractivity contribution in [1.29, 1.82) is 0 Å². The summed E-state index contributed by atoms with van der Waals surface area (Å²) in [6, 6.07) is 11.7. The maximum Gasteiger partial charge on any atom is 0.416 e. The summed E-state index contributed by atoms with van der Waals surface area (Å²) in [6.07, 6.45) is -2.44. The topological polar surface area (TPSA) is 58.4 Å².